The lowest BCUT2D eigenvalue weighted by molar-refractivity contribution is 0.980. The Morgan fingerprint density at radius 1 is 0.958 bits per heavy atom. The molecule has 2 aromatic carbocycles. The van der Waals surface area contributed by atoms with E-state index in [4.69, 9.17) is 23.0 Å². The number of thiazole rings is 1. The molecule has 0 aliphatic heterocycles. The molecular weight excluding hydrogens is 338 g/mol. The summed E-state index contributed by atoms with van der Waals surface area (Å²) in [6.07, 6.45) is 0. The molecule has 118 valence electrons. The minimum absolute atomic E-state index is 0.360. The fraction of sp³-hybridized carbons (Fsp3) is 0. The van der Waals surface area contributed by atoms with E-state index in [1.54, 1.807) is 11.3 Å². The van der Waals surface area contributed by atoms with E-state index in [0.29, 0.717) is 10.6 Å². The molecular formula is C17H13N5S2. The van der Waals surface area contributed by atoms with Gasteiger partial charge < -0.3 is 5.84 Å². The predicted octanol–water partition coefficient (Wildman–Crippen LogP) is 4.11. The van der Waals surface area contributed by atoms with E-state index < -0.39 is 0 Å². The minimum Gasteiger partial charge on any atom is -0.335 e. The van der Waals surface area contributed by atoms with Crippen LogP contribution in [0.3, 0.4) is 0 Å². The van der Waals surface area contributed by atoms with Crippen molar-refractivity contribution >= 4 is 23.6 Å². The van der Waals surface area contributed by atoms with E-state index in [0.717, 1.165) is 26.7 Å². The van der Waals surface area contributed by atoms with Crippen LogP contribution in [0.15, 0.2) is 60.7 Å². The second kappa shape index (κ2) is 6.03. The van der Waals surface area contributed by atoms with E-state index in [-0.39, 0.29) is 0 Å². The highest BCUT2D eigenvalue weighted by atomic mass is 32.1. The van der Waals surface area contributed by atoms with Crippen LogP contribution in [0.4, 0.5) is 0 Å². The van der Waals surface area contributed by atoms with Crippen molar-refractivity contribution in [2.24, 2.45) is 0 Å². The van der Waals surface area contributed by atoms with Crippen molar-refractivity contribution in [2.45, 2.75) is 0 Å². The molecule has 0 atom stereocenters. The molecule has 0 amide bonds. The first-order valence-corrected chi connectivity index (χ1v) is 8.51. The average Bonchev–Trinajstić information content (AvgIpc) is 3.21. The molecule has 4 rings (SSSR count). The number of rotatable bonds is 3. The Morgan fingerprint density at radius 3 is 2.17 bits per heavy atom. The summed E-state index contributed by atoms with van der Waals surface area (Å²) < 4.78 is 1.71. The van der Waals surface area contributed by atoms with Crippen molar-refractivity contribution < 1.29 is 0 Å². The van der Waals surface area contributed by atoms with Crippen LogP contribution < -0.4 is 5.84 Å². The second-order valence-electron chi connectivity index (χ2n) is 5.15. The van der Waals surface area contributed by atoms with Crippen molar-refractivity contribution in [3.05, 3.63) is 65.4 Å². The Hall–Kier alpha value is -2.77. The molecule has 24 heavy (non-hydrogen) atoms. The van der Waals surface area contributed by atoms with Crippen LogP contribution in [-0.4, -0.2) is 19.9 Å². The van der Waals surface area contributed by atoms with Crippen molar-refractivity contribution in [1.82, 2.24) is 19.9 Å². The molecule has 3 N–H and O–H groups in total. The van der Waals surface area contributed by atoms with E-state index in [2.05, 4.69) is 10.2 Å². The molecule has 0 saturated carbocycles. The maximum Gasteiger partial charge on any atom is 0.214 e. The number of aromatic amines is 1. The normalized spacial score (nSPS) is 10.8. The first-order valence-electron chi connectivity index (χ1n) is 7.28. The minimum atomic E-state index is 0.360. The van der Waals surface area contributed by atoms with Gasteiger partial charge in [0.25, 0.3) is 0 Å². The maximum atomic E-state index is 6.01. The van der Waals surface area contributed by atoms with E-state index in [9.17, 15) is 0 Å². The third-order valence-corrected chi connectivity index (χ3v) is 5.04. The van der Waals surface area contributed by atoms with Crippen LogP contribution in [-0.2, 0) is 0 Å². The molecule has 0 radical (unpaired) electrons. The van der Waals surface area contributed by atoms with Crippen molar-refractivity contribution in [3.8, 4) is 32.5 Å². The van der Waals surface area contributed by atoms with Gasteiger partial charge in [-0.3, -0.25) is 0 Å². The number of benzene rings is 2. The van der Waals surface area contributed by atoms with Crippen LogP contribution in [0.1, 0.15) is 0 Å². The van der Waals surface area contributed by atoms with Gasteiger partial charge in [-0.1, -0.05) is 60.7 Å². The summed E-state index contributed by atoms with van der Waals surface area (Å²) in [5, 5.41) is 7.88. The number of nitrogen functional groups attached to an aromatic ring is 1. The third-order valence-electron chi connectivity index (χ3n) is 3.60. The largest absolute Gasteiger partial charge is 0.335 e. The van der Waals surface area contributed by atoms with Gasteiger partial charge >= 0.3 is 0 Å². The smallest absolute Gasteiger partial charge is 0.214 e. The van der Waals surface area contributed by atoms with Crippen LogP contribution in [0, 0.1) is 4.77 Å². The summed E-state index contributed by atoms with van der Waals surface area (Å²) in [4.78, 5) is 5.80. The van der Waals surface area contributed by atoms with Gasteiger partial charge in [-0.15, -0.1) is 11.3 Å². The number of H-pyrrole nitrogens is 1. The zero-order valence-corrected chi connectivity index (χ0v) is 14.1. The molecule has 0 unspecified atom stereocenters. The summed E-state index contributed by atoms with van der Waals surface area (Å²) in [5.74, 6) is 6.54. The molecule has 0 aliphatic carbocycles. The number of nitrogens with two attached hydrogens (primary N) is 1. The lowest BCUT2D eigenvalue weighted by Gasteiger charge is -2.01. The van der Waals surface area contributed by atoms with Gasteiger partial charge in [0.1, 0.15) is 10.7 Å². The van der Waals surface area contributed by atoms with Gasteiger partial charge in [0.2, 0.25) is 10.6 Å². The van der Waals surface area contributed by atoms with E-state index in [1.165, 1.54) is 4.68 Å². The predicted molar refractivity (Wildman–Crippen MR) is 99.5 cm³/mol. The lowest BCUT2D eigenvalue weighted by atomic mass is 10.1. The van der Waals surface area contributed by atoms with Crippen molar-refractivity contribution in [3.63, 3.8) is 0 Å². The highest BCUT2D eigenvalue weighted by Gasteiger charge is 2.20. The van der Waals surface area contributed by atoms with Crippen LogP contribution in [0.5, 0.6) is 0 Å². The number of nitrogens with one attached hydrogen (secondary N) is 1. The summed E-state index contributed by atoms with van der Waals surface area (Å²) in [7, 11) is 0. The van der Waals surface area contributed by atoms with E-state index in [1.807, 2.05) is 60.7 Å². The molecule has 7 heteroatoms. The fourth-order valence-corrected chi connectivity index (χ4v) is 3.64. The van der Waals surface area contributed by atoms with Crippen molar-refractivity contribution in [2.75, 3.05) is 5.84 Å². The molecule has 0 fully saturated rings. The summed E-state index contributed by atoms with van der Waals surface area (Å²) >= 11 is 6.74. The lowest BCUT2D eigenvalue weighted by Crippen LogP contribution is -2.10. The second-order valence-corrected chi connectivity index (χ2v) is 6.54. The molecule has 2 aromatic heterocycles. The topological polar surface area (TPSA) is 72.5 Å². The first kappa shape index (κ1) is 14.8. The third kappa shape index (κ3) is 2.53. The SMILES string of the molecule is Nn1c(-c2nc(-c3ccccc3)sc2-c2ccccc2)n[nH]c1=S. The van der Waals surface area contributed by atoms with Gasteiger partial charge in [0.05, 0.1) is 4.88 Å². The van der Waals surface area contributed by atoms with Crippen LogP contribution in [0.25, 0.3) is 32.5 Å². The average molecular weight is 351 g/mol. The summed E-state index contributed by atoms with van der Waals surface area (Å²) in [6, 6.07) is 20.1. The van der Waals surface area contributed by atoms with Crippen LogP contribution >= 0.6 is 23.6 Å². The number of hydrogen-bond acceptors (Lipinski definition) is 5. The molecule has 0 spiro atoms. The number of aromatic nitrogens is 4. The Morgan fingerprint density at radius 2 is 1.58 bits per heavy atom. The zero-order chi connectivity index (χ0) is 16.5. The Balaban J connectivity index is 1.96. The van der Waals surface area contributed by atoms with Gasteiger partial charge in [0.15, 0.2) is 0 Å². The molecule has 0 saturated heterocycles. The van der Waals surface area contributed by atoms with Gasteiger partial charge in [-0.05, 0) is 17.8 Å². The highest BCUT2D eigenvalue weighted by Crippen LogP contribution is 2.39. The Kier molecular flexibility index (Phi) is 3.72. The Labute approximate surface area is 147 Å². The molecule has 5 nitrogen and oxygen atoms in total. The summed E-state index contributed by atoms with van der Waals surface area (Å²) in [6.45, 7) is 0. The fourth-order valence-electron chi connectivity index (χ4n) is 2.43. The number of nitrogens with zero attached hydrogens (tertiary/aromatic N) is 3. The number of hydrogen-bond donors (Lipinski definition) is 2. The Bertz CT molecular complexity index is 1030. The molecule has 2 heterocycles. The van der Waals surface area contributed by atoms with Crippen molar-refractivity contribution in [1.29, 1.82) is 0 Å². The maximum absolute atomic E-state index is 6.01. The first-order chi connectivity index (χ1) is 11.7. The molecule has 0 bridgehead atoms. The molecule has 4 aromatic rings. The molecule has 0 aliphatic rings. The quantitative estimate of drug-likeness (QED) is 0.430. The summed E-state index contributed by atoms with van der Waals surface area (Å²) in [5.41, 5.74) is 2.85. The van der Waals surface area contributed by atoms with Gasteiger partial charge in [0, 0.05) is 5.56 Å². The van der Waals surface area contributed by atoms with Gasteiger partial charge in [-0.2, -0.15) is 5.10 Å². The zero-order valence-electron chi connectivity index (χ0n) is 12.5. The van der Waals surface area contributed by atoms with E-state index >= 15 is 0 Å². The van der Waals surface area contributed by atoms with Gasteiger partial charge in [-0.25, -0.2) is 14.8 Å². The standard InChI is InChI=1S/C17H13N5S2/c18-22-15(20-21-17(22)23)13-14(11-7-3-1-4-8-11)24-16(19-13)12-9-5-2-6-10-12/h1-10H,18H2,(H,21,23). The monoisotopic (exact) mass is 351 g/mol. The highest BCUT2D eigenvalue weighted by molar-refractivity contribution is 7.71. The van der Waals surface area contributed by atoms with Crippen LogP contribution in [0.2, 0.25) is 0 Å².